The largest absolute Gasteiger partial charge is 0.493 e. The number of nitrogens with one attached hydrogen (secondary N) is 1. The third kappa shape index (κ3) is 4.01. The molecule has 0 heterocycles. The molecular weight excluding hydrogens is 326 g/mol. The smallest absolute Gasteiger partial charge is 0.255 e. The van der Waals surface area contributed by atoms with E-state index in [4.69, 9.17) is 21.1 Å². The van der Waals surface area contributed by atoms with Crippen molar-refractivity contribution in [3.63, 3.8) is 0 Å². The Kier molecular flexibility index (Phi) is 5.40. The van der Waals surface area contributed by atoms with Gasteiger partial charge in [-0.2, -0.15) is 0 Å². The highest BCUT2D eigenvalue weighted by molar-refractivity contribution is 6.32. The molecule has 0 saturated carbocycles. The number of carbonyl (C=O) groups is 1. The first kappa shape index (κ1) is 18.1. The highest BCUT2D eigenvalue weighted by Crippen LogP contribution is 2.36. The van der Waals surface area contributed by atoms with Gasteiger partial charge < -0.3 is 14.8 Å². The zero-order valence-electron chi connectivity index (χ0n) is 14.6. The van der Waals surface area contributed by atoms with Crippen LogP contribution < -0.4 is 14.8 Å². The number of methoxy groups -OCH3 is 2. The molecule has 5 heteroatoms. The minimum Gasteiger partial charge on any atom is -0.493 e. The van der Waals surface area contributed by atoms with Crippen LogP contribution >= 0.6 is 11.6 Å². The molecular formula is C19H22ClNO3. The number of hydrogen-bond acceptors (Lipinski definition) is 3. The highest BCUT2D eigenvalue weighted by atomic mass is 35.5. The van der Waals surface area contributed by atoms with Crippen molar-refractivity contribution in [2.45, 2.75) is 26.2 Å². The fourth-order valence-corrected chi connectivity index (χ4v) is 2.59. The van der Waals surface area contributed by atoms with Crippen molar-refractivity contribution in [2.75, 3.05) is 19.5 Å². The monoisotopic (exact) mass is 347 g/mol. The summed E-state index contributed by atoms with van der Waals surface area (Å²) >= 11 is 6.15. The first-order valence-electron chi connectivity index (χ1n) is 7.59. The van der Waals surface area contributed by atoms with Gasteiger partial charge in [0, 0.05) is 11.3 Å². The minimum absolute atomic E-state index is 0.0689. The molecule has 0 bridgehead atoms. The summed E-state index contributed by atoms with van der Waals surface area (Å²) in [4.78, 5) is 12.4. The van der Waals surface area contributed by atoms with Crippen LogP contribution in [-0.2, 0) is 5.41 Å². The molecule has 2 rings (SSSR count). The van der Waals surface area contributed by atoms with Crippen LogP contribution in [0.1, 0.15) is 36.7 Å². The Bertz CT molecular complexity index is 734. The first-order chi connectivity index (χ1) is 11.3. The van der Waals surface area contributed by atoms with Gasteiger partial charge in [-0.05, 0) is 35.2 Å². The van der Waals surface area contributed by atoms with Crippen molar-refractivity contribution in [1.82, 2.24) is 0 Å². The van der Waals surface area contributed by atoms with Crippen LogP contribution in [0.5, 0.6) is 11.5 Å². The van der Waals surface area contributed by atoms with Crippen LogP contribution in [-0.4, -0.2) is 20.1 Å². The van der Waals surface area contributed by atoms with Crippen LogP contribution in [0.4, 0.5) is 5.69 Å². The zero-order chi connectivity index (χ0) is 17.9. The molecule has 4 nitrogen and oxygen atoms in total. The fourth-order valence-electron chi connectivity index (χ4n) is 2.31. The molecule has 1 amide bonds. The van der Waals surface area contributed by atoms with Crippen molar-refractivity contribution in [2.24, 2.45) is 0 Å². The van der Waals surface area contributed by atoms with Gasteiger partial charge in [0.2, 0.25) is 0 Å². The highest BCUT2D eigenvalue weighted by Gasteiger charge is 2.16. The molecule has 24 heavy (non-hydrogen) atoms. The quantitative estimate of drug-likeness (QED) is 0.855. The fraction of sp³-hybridized carbons (Fsp3) is 0.316. The molecule has 0 atom stereocenters. The molecule has 0 aliphatic rings. The lowest BCUT2D eigenvalue weighted by Crippen LogP contribution is -2.14. The Balaban J connectivity index is 2.22. The molecule has 0 fully saturated rings. The van der Waals surface area contributed by atoms with Gasteiger partial charge in [0.15, 0.2) is 11.5 Å². The van der Waals surface area contributed by atoms with Crippen LogP contribution in [0.25, 0.3) is 0 Å². The Morgan fingerprint density at radius 3 is 2.17 bits per heavy atom. The predicted molar refractivity (Wildman–Crippen MR) is 97.7 cm³/mol. The molecule has 0 aliphatic heterocycles. The Morgan fingerprint density at radius 2 is 1.67 bits per heavy atom. The molecule has 0 spiro atoms. The Morgan fingerprint density at radius 1 is 1.04 bits per heavy atom. The second-order valence-corrected chi connectivity index (χ2v) is 6.88. The predicted octanol–water partition coefficient (Wildman–Crippen LogP) is 4.91. The molecule has 2 aromatic rings. The number of halogens is 1. The van der Waals surface area contributed by atoms with Crippen LogP contribution in [0.15, 0.2) is 36.4 Å². The normalized spacial score (nSPS) is 11.1. The molecule has 0 aromatic heterocycles. The van der Waals surface area contributed by atoms with Gasteiger partial charge in [0.05, 0.1) is 19.2 Å². The zero-order valence-corrected chi connectivity index (χ0v) is 15.3. The number of rotatable bonds is 4. The maximum atomic E-state index is 12.4. The lowest BCUT2D eigenvalue weighted by molar-refractivity contribution is 0.102. The molecule has 1 N–H and O–H groups in total. The average molecular weight is 348 g/mol. The second kappa shape index (κ2) is 7.14. The molecule has 0 aliphatic carbocycles. The van der Waals surface area contributed by atoms with Crippen molar-refractivity contribution >= 4 is 23.2 Å². The van der Waals surface area contributed by atoms with E-state index >= 15 is 0 Å². The van der Waals surface area contributed by atoms with Crippen molar-refractivity contribution in [3.8, 4) is 11.5 Å². The number of ether oxygens (including phenoxy) is 2. The minimum atomic E-state index is -0.263. The van der Waals surface area contributed by atoms with Gasteiger partial charge in [0.25, 0.3) is 5.91 Å². The lowest BCUT2D eigenvalue weighted by atomic mass is 9.87. The standard InChI is InChI=1S/C19H22ClNO3/c1-19(2,3)13-6-8-14(9-7-13)21-18(22)12-10-15(20)17(24-5)16(11-12)23-4/h6-11H,1-5H3,(H,21,22). The maximum Gasteiger partial charge on any atom is 0.255 e. The summed E-state index contributed by atoms with van der Waals surface area (Å²) in [5, 5.41) is 3.18. The van der Waals surface area contributed by atoms with Gasteiger partial charge in [-0.1, -0.05) is 44.5 Å². The third-order valence-electron chi connectivity index (χ3n) is 3.70. The van der Waals surface area contributed by atoms with E-state index in [-0.39, 0.29) is 11.3 Å². The number of amides is 1. The molecule has 2 aromatic carbocycles. The Labute approximate surface area is 147 Å². The molecule has 0 unspecified atom stereocenters. The van der Waals surface area contributed by atoms with E-state index < -0.39 is 0 Å². The van der Waals surface area contributed by atoms with E-state index in [1.807, 2.05) is 24.3 Å². The summed E-state index contributed by atoms with van der Waals surface area (Å²) in [6, 6.07) is 11.0. The van der Waals surface area contributed by atoms with Gasteiger partial charge in [-0.3, -0.25) is 4.79 Å². The van der Waals surface area contributed by atoms with E-state index in [1.165, 1.54) is 19.8 Å². The summed E-state index contributed by atoms with van der Waals surface area (Å²) < 4.78 is 10.4. The first-order valence-corrected chi connectivity index (χ1v) is 7.97. The van der Waals surface area contributed by atoms with Gasteiger partial charge in [-0.15, -0.1) is 0 Å². The summed E-state index contributed by atoms with van der Waals surface area (Å²) in [7, 11) is 3.00. The molecule has 128 valence electrons. The summed E-state index contributed by atoms with van der Waals surface area (Å²) in [5.74, 6) is 0.560. The van der Waals surface area contributed by atoms with E-state index in [2.05, 4.69) is 26.1 Å². The average Bonchev–Trinajstić information content (AvgIpc) is 2.53. The van der Waals surface area contributed by atoms with E-state index in [9.17, 15) is 4.79 Å². The number of hydrogen-bond donors (Lipinski definition) is 1. The van der Waals surface area contributed by atoms with Gasteiger partial charge in [-0.25, -0.2) is 0 Å². The number of carbonyl (C=O) groups excluding carboxylic acids is 1. The summed E-state index contributed by atoms with van der Waals surface area (Å²) in [5.41, 5.74) is 2.39. The van der Waals surface area contributed by atoms with E-state index in [0.29, 0.717) is 22.1 Å². The third-order valence-corrected chi connectivity index (χ3v) is 3.99. The second-order valence-electron chi connectivity index (χ2n) is 6.48. The topological polar surface area (TPSA) is 47.6 Å². The molecule has 0 saturated heterocycles. The molecule has 0 radical (unpaired) electrons. The van der Waals surface area contributed by atoms with Crippen molar-refractivity contribution in [3.05, 3.63) is 52.5 Å². The lowest BCUT2D eigenvalue weighted by Gasteiger charge is -2.19. The Hall–Kier alpha value is -2.20. The van der Waals surface area contributed by atoms with Crippen molar-refractivity contribution < 1.29 is 14.3 Å². The van der Waals surface area contributed by atoms with Gasteiger partial charge in [0.1, 0.15) is 0 Å². The van der Waals surface area contributed by atoms with Crippen LogP contribution in [0, 0.1) is 0 Å². The maximum absolute atomic E-state index is 12.4. The van der Waals surface area contributed by atoms with E-state index in [0.717, 1.165) is 5.69 Å². The number of anilines is 1. The van der Waals surface area contributed by atoms with Crippen LogP contribution in [0.3, 0.4) is 0 Å². The number of benzene rings is 2. The van der Waals surface area contributed by atoms with Gasteiger partial charge >= 0.3 is 0 Å². The SMILES string of the molecule is COc1cc(C(=O)Nc2ccc(C(C)(C)C)cc2)cc(Cl)c1OC. The van der Waals surface area contributed by atoms with Crippen LogP contribution in [0.2, 0.25) is 5.02 Å². The summed E-state index contributed by atoms with van der Waals surface area (Å²) in [6.07, 6.45) is 0. The van der Waals surface area contributed by atoms with Crippen molar-refractivity contribution in [1.29, 1.82) is 0 Å². The van der Waals surface area contributed by atoms with E-state index in [1.54, 1.807) is 12.1 Å². The summed E-state index contributed by atoms with van der Waals surface area (Å²) in [6.45, 7) is 6.44.